The van der Waals surface area contributed by atoms with Crippen molar-refractivity contribution < 1.29 is 23.2 Å². The molecule has 2 atom stereocenters. The Labute approximate surface area is 191 Å². The molecule has 8 nitrogen and oxygen atoms in total. The van der Waals surface area contributed by atoms with E-state index < -0.39 is 23.9 Å². The van der Waals surface area contributed by atoms with Crippen LogP contribution in [0.25, 0.3) is 0 Å². The Morgan fingerprint density at radius 3 is 2.58 bits per heavy atom. The quantitative estimate of drug-likeness (QED) is 0.638. The molecule has 3 fully saturated rings. The van der Waals surface area contributed by atoms with Crippen LogP contribution in [-0.4, -0.2) is 89.7 Å². The molecule has 0 aromatic heterocycles. The SMILES string of the molecule is O=C1CCC(N2Cc3cc(CN4CCC(N5CCNCC5)C(F)(F)C4)ccc3C2=O)C(=O)N1. The molecule has 33 heavy (non-hydrogen) atoms. The third-order valence-corrected chi connectivity index (χ3v) is 7.23. The number of nitrogens with one attached hydrogen (secondary N) is 2. The Bertz CT molecular complexity index is 965. The van der Waals surface area contributed by atoms with Crippen molar-refractivity contribution in [1.82, 2.24) is 25.3 Å². The Hall–Kier alpha value is -2.43. The number of carbonyl (C=O) groups excluding carboxylic acids is 3. The predicted molar refractivity (Wildman–Crippen MR) is 116 cm³/mol. The minimum atomic E-state index is -2.77. The van der Waals surface area contributed by atoms with Crippen LogP contribution >= 0.6 is 0 Å². The van der Waals surface area contributed by atoms with Gasteiger partial charge in [-0.3, -0.25) is 29.5 Å². The van der Waals surface area contributed by atoms with Gasteiger partial charge in [0.15, 0.2) is 0 Å². The van der Waals surface area contributed by atoms with E-state index in [1.807, 2.05) is 17.0 Å². The van der Waals surface area contributed by atoms with Gasteiger partial charge in [0, 0.05) is 57.8 Å². The molecule has 3 amide bonds. The Balaban J connectivity index is 1.24. The number of halogens is 2. The summed E-state index contributed by atoms with van der Waals surface area (Å²) in [5.41, 5.74) is 2.21. The highest BCUT2D eigenvalue weighted by molar-refractivity contribution is 6.05. The number of carbonyl (C=O) groups is 3. The maximum atomic E-state index is 15.0. The van der Waals surface area contributed by atoms with Crippen LogP contribution in [0.15, 0.2) is 18.2 Å². The van der Waals surface area contributed by atoms with E-state index in [1.54, 1.807) is 11.0 Å². The summed E-state index contributed by atoms with van der Waals surface area (Å²) < 4.78 is 30.0. The van der Waals surface area contributed by atoms with Crippen molar-refractivity contribution >= 4 is 17.7 Å². The minimum absolute atomic E-state index is 0.208. The number of hydrogen-bond acceptors (Lipinski definition) is 6. The number of piperazine rings is 1. The van der Waals surface area contributed by atoms with Crippen LogP contribution in [0.4, 0.5) is 8.78 Å². The van der Waals surface area contributed by atoms with Crippen LogP contribution in [0.2, 0.25) is 0 Å². The van der Waals surface area contributed by atoms with E-state index in [2.05, 4.69) is 10.6 Å². The smallest absolute Gasteiger partial charge is 0.275 e. The molecule has 1 aromatic carbocycles. The molecular formula is C23H29F2N5O3. The van der Waals surface area contributed by atoms with Gasteiger partial charge in [-0.1, -0.05) is 12.1 Å². The average molecular weight is 462 g/mol. The number of nitrogens with zero attached hydrogens (tertiary/aromatic N) is 3. The molecule has 178 valence electrons. The number of rotatable bonds is 4. The van der Waals surface area contributed by atoms with Gasteiger partial charge in [0.25, 0.3) is 11.8 Å². The summed E-state index contributed by atoms with van der Waals surface area (Å²) in [6.45, 7) is 3.81. The molecule has 0 spiro atoms. The number of imide groups is 1. The second-order valence-electron chi connectivity index (χ2n) is 9.45. The van der Waals surface area contributed by atoms with Gasteiger partial charge in [-0.2, -0.15) is 0 Å². The van der Waals surface area contributed by atoms with Crippen LogP contribution in [-0.2, 0) is 22.7 Å². The van der Waals surface area contributed by atoms with E-state index in [-0.39, 0.29) is 31.3 Å². The molecule has 0 radical (unpaired) electrons. The molecule has 1 aromatic rings. The molecule has 0 bridgehead atoms. The summed E-state index contributed by atoms with van der Waals surface area (Å²) in [6, 6.07) is 4.05. The first-order valence-electron chi connectivity index (χ1n) is 11.6. The van der Waals surface area contributed by atoms with Crippen molar-refractivity contribution in [3.05, 3.63) is 34.9 Å². The second kappa shape index (κ2) is 8.73. The van der Waals surface area contributed by atoms with Crippen LogP contribution < -0.4 is 10.6 Å². The largest absolute Gasteiger partial charge is 0.322 e. The maximum Gasteiger partial charge on any atom is 0.275 e. The standard InChI is InChI=1S/C23H29F2N5O3/c24-23(25)14-28(8-5-19(23)29-9-6-26-7-10-29)12-15-1-2-17-16(11-15)13-30(22(17)33)18-3-4-20(31)27-21(18)32/h1-2,11,18-19,26H,3-10,12-14H2,(H,27,31,32). The fourth-order valence-electron chi connectivity index (χ4n) is 5.56. The Morgan fingerprint density at radius 1 is 1.06 bits per heavy atom. The van der Waals surface area contributed by atoms with Gasteiger partial charge in [-0.25, -0.2) is 8.78 Å². The van der Waals surface area contributed by atoms with E-state index >= 15 is 0 Å². The zero-order chi connectivity index (χ0) is 23.2. The van der Waals surface area contributed by atoms with Gasteiger partial charge in [0.2, 0.25) is 11.8 Å². The van der Waals surface area contributed by atoms with E-state index in [0.717, 1.165) is 24.2 Å². The topological polar surface area (TPSA) is 85.0 Å². The molecular weight excluding hydrogens is 432 g/mol. The molecule has 2 N–H and O–H groups in total. The summed E-state index contributed by atoms with van der Waals surface area (Å²) in [5.74, 6) is -3.76. The third-order valence-electron chi connectivity index (χ3n) is 7.23. The Kier molecular flexibility index (Phi) is 5.92. The van der Waals surface area contributed by atoms with Gasteiger partial charge in [-0.15, -0.1) is 0 Å². The van der Waals surface area contributed by atoms with Crippen molar-refractivity contribution in [2.75, 3.05) is 39.3 Å². The second-order valence-corrected chi connectivity index (χ2v) is 9.45. The normalized spacial score (nSPS) is 28.7. The summed E-state index contributed by atoms with van der Waals surface area (Å²) in [7, 11) is 0. The highest BCUT2D eigenvalue weighted by atomic mass is 19.3. The van der Waals surface area contributed by atoms with Crippen molar-refractivity contribution in [2.45, 2.75) is 50.4 Å². The molecule has 5 rings (SSSR count). The summed E-state index contributed by atoms with van der Waals surface area (Å²) in [6.07, 6.45) is 0.952. The van der Waals surface area contributed by atoms with Crippen LogP contribution in [0.5, 0.6) is 0 Å². The number of hydrogen-bond donors (Lipinski definition) is 2. The first-order chi connectivity index (χ1) is 15.8. The summed E-state index contributed by atoms with van der Waals surface area (Å²) in [5, 5.41) is 5.51. The first-order valence-corrected chi connectivity index (χ1v) is 11.6. The van der Waals surface area contributed by atoms with Gasteiger partial charge >= 0.3 is 0 Å². The molecule has 10 heteroatoms. The van der Waals surface area contributed by atoms with E-state index in [9.17, 15) is 23.2 Å². The predicted octanol–water partition coefficient (Wildman–Crippen LogP) is 0.562. The molecule has 4 heterocycles. The van der Waals surface area contributed by atoms with Crippen LogP contribution in [0, 0.1) is 0 Å². The van der Waals surface area contributed by atoms with E-state index in [1.165, 1.54) is 4.90 Å². The van der Waals surface area contributed by atoms with Crippen LogP contribution in [0.3, 0.4) is 0 Å². The van der Waals surface area contributed by atoms with Crippen LogP contribution in [0.1, 0.15) is 40.7 Å². The zero-order valence-corrected chi connectivity index (χ0v) is 18.5. The lowest BCUT2D eigenvalue weighted by Gasteiger charge is -2.45. The number of benzene rings is 1. The van der Waals surface area contributed by atoms with Gasteiger partial charge in [0.1, 0.15) is 6.04 Å². The summed E-state index contributed by atoms with van der Waals surface area (Å²) >= 11 is 0. The Morgan fingerprint density at radius 2 is 1.85 bits per heavy atom. The number of amides is 3. The van der Waals surface area contributed by atoms with Gasteiger partial charge in [-0.05, 0) is 30.0 Å². The van der Waals surface area contributed by atoms with Crippen molar-refractivity contribution in [3.8, 4) is 0 Å². The molecule has 3 saturated heterocycles. The zero-order valence-electron chi connectivity index (χ0n) is 18.5. The number of fused-ring (bicyclic) bond motifs is 1. The highest BCUT2D eigenvalue weighted by Gasteiger charge is 2.47. The van der Waals surface area contributed by atoms with E-state index in [0.29, 0.717) is 44.6 Å². The summed E-state index contributed by atoms with van der Waals surface area (Å²) in [4.78, 5) is 41.7. The fraction of sp³-hybridized carbons (Fsp3) is 0.609. The maximum absolute atomic E-state index is 15.0. The van der Waals surface area contributed by atoms with Crippen molar-refractivity contribution in [1.29, 1.82) is 0 Å². The molecule has 4 aliphatic heterocycles. The third kappa shape index (κ3) is 4.39. The lowest BCUT2D eigenvalue weighted by atomic mass is 9.97. The molecule has 0 saturated carbocycles. The number of alkyl halides is 2. The van der Waals surface area contributed by atoms with Gasteiger partial charge < -0.3 is 10.2 Å². The van der Waals surface area contributed by atoms with Gasteiger partial charge in [0.05, 0.1) is 12.6 Å². The molecule has 4 aliphatic rings. The lowest BCUT2D eigenvalue weighted by molar-refractivity contribution is -0.137. The number of piperidine rings is 2. The fourth-order valence-corrected chi connectivity index (χ4v) is 5.56. The minimum Gasteiger partial charge on any atom is -0.322 e. The monoisotopic (exact) mass is 461 g/mol. The highest BCUT2D eigenvalue weighted by Crippen LogP contribution is 2.33. The van der Waals surface area contributed by atoms with Crippen molar-refractivity contribution in [3.63, 3.8) is 0 Å². The molecule has 2 unspecified atom stereocenters. The molecule has 0 aliphatic carbocycles. The number of likely N-dealkylation sites (tertiary alicyclic amines) is 1. The van der Waals surface area contributed by atoms with E-state index in [4.69, 9.17) is 0 Å². The first kappa shape index (κ1) is 22.4. The van der Waals surface area contributed by atoms with Crippen molar-refractivity contribution in [2.24, 2.45) is 0 Å². The average Bonchev–Trinajstić information content (AvgIpc) is 3.09. The lowest BCUT2D eigenvalue weighted by Crippen LogP contribution is -2.61.